The van der Waals surface area contributed by atoms with Gasteiger partial charge in [0.1, 0.15) is 6.04 Å². The lowest BCUT2D eigenvalue weighted by molar-refractivity contribution is 0.113. The van der Waals surface area contributed by atoms with Gasteiger partial charge in [-0.25, -0.2) is 4.79 Å². The highest BCUT2D eigenvalue weighted by atomic mass is 35.5. The van der Waals surface area contributed by atoms with Crippen molar-refractivity contribution >= 4 is 17.6 Å². The van der Waals surface area contributed by atoms with E-state index in [0.29, 0.717) is 23.3 Å². The molecule has 7 heteroatoms. The summed E-state index contributed by atoms with van der Waals surface area (Å²) >= 11 is 5.90. The molecule has 2 heterocycles. The zero-order chi connectivity index (χ0) is 16.4. The predicted molar refractivity (Wildman–Crippen MR) is 87.1 cm³/mol. The molecule has 23 heavy (non-hydrogen) atoms. The first kappa shape index (κ1) is 15.8. The third-order valence-electron chi connectivity index (χ3n) is 3.96. The summed E-state index contributed by atoms with van der Waals surface area (Å²) in [6.45, 7) is 0.709. The molecule has 6 nitrogen and oxygen atoms in total. The minimum atomic E-state index is -0.160. The van der Waals surface area contributed by atoms with Crippen LogP contribution in [0, 0.1) is 0 Å². The summed E-state index contributed by atoms with van der Waals surface area (Å²) in [5.41, 5.74) is 0.839. The Bertz CT molecular complexity index is 684. The van der Waals surface area contributed by atoms with Crippen molar-refractivity contribution in [1.82, 2.24) is 19.9 Å². The van der Waals surface area contributed by atoms with E-state index in [1.807, 2.05) is 17.0 Å². The second kappa shape index (κ2) is 6.58. The van der Waals surface area contributed by atoms with Crippen molar-refractivity contribution < 1.29 is 9.32 Å². The number of piperidine rings is 1. The van der Waals surface area contributed by atoms with Crippen molar-refractivity contribution in [3.63, 3.8) is 0 Å². The Morgan fingerprint density at radius 3 is 2.74 bits per heavy atom. The van der Waals surface area contributed by atoms with Gasteiger partial charge in [0.15, 0.2) is 0 Å². The fraction of sp³-hybridized carbons (Fsp3) is 0.438. The number of hydrogen-bond donors (Lipinski definition) is 0. The number of carbonyl (C=O) groups excluding carboxylic acids is 1. The molecule has 1 saturated heterocycles. The lowest BCUT2D eigenvalue weighted by Crippen LogP contribution is -2.44. The molecule has 2 amide bonds. The highest BCUT2D eigenvalue weighted by Gasteiger charge is 2.33. The smallest absolute Gasteiger partial charge is 0.320 e. The van der Waals surface area contributed by atoms with Gasteiger partial charge in [-0.2, -0.15) is 4.98 Å². The van der Waals surface area contributed by atoms with Gasteiger partial charge in [0.2, 0.25) is 11.7 Å². The van der Waals surface area contributed by atoms with Crippen LogP contribution in [-0.4, -0.2) is 46.6 Å². The number of halogens is 1. The molecule has 1 fully saturated rings. The van der Waals surface area contributed by atoms with E-state index in [1.165, 1.54) is 0 Å². The minimum Gasteiger partial charge on any atom is -0.337 e. The van der Waals surface area contributed by atoms with Gasteiger partial charge < -0.3 is 14.3 Å². The maximum atomic E-state index is 12.3. The topological polar surface area (TPSA) is 62.5 Å². The van der Waals surface area contributed by atoms with Crippen molar-refractivity contribution in [3.05, 3.63) is 35.2 Å². The van der Waals surface area contributed by atoms with Crippen LogP contribution in [0.15, 0.2) is 28.8 Å². The van der Waals surface area contributed by atoms with Gasteiger partial charge in [0, 0.05) is 31.2 Å². The monoisotopic (exact) mass is 334 g/mol. The average molecular weight is 335 g/mol. The van der Waals surface area contributed by atoms with Crippen LogP contribution in [0.1, 0.15) is 31.2 Å². The molecule has 2 aromatic rings. The number of aromatic nitrogens is 2. The van der Waals surface area contributed by atoms with Gasteiger partial charge in [-0.15, -0.1) is 0 Å². The van der Waals surface area contributed by atoms with E-state index in [4.69, 9.17) is 16.1 Å². The number of amides is 2. The predicted octanol–water partition coefficient (Wildman–Crippen LogP) is 3.60. The maximum absolute atomic E-state index is 12.3. The summed E-state index contributed by atoms with van der Waals surface area (Å²) in [6, 6.07) is 7.08. The van der Waals surface area contributed by atoms with Crippen LogP contribution in [0.5, 0.6) is 0 Å². The number of nitrogens with zero attached hydrogens (tertiary/aromatic N) is 4. The van der Waals surface area contributed by atoms with Gasteiger partial charge >= 0.3 is 6.03 Å². The first-order valence-corrected chi connectivity index (χ1v) is 8.01. The maximum Gasteiger partial charge on any atom is 0.320 e. The Hall–Kier alpha value is -2.08. The van der Waals surface area contributed by atoms with Crippen LogP contribution < -0.4 is 0 Å². The van der Waals surface area contributed by atoms with Gasteiger partial charge in [-0.1, -0.05) is 16.8 Å². The van der Waals surface area contributed by atoms with E-state index in [1.54, 1.807) is 31.1 Å². The number of urea groups is 1. The number of rotatable bonds is 2. The highest BCUT2D eigenvalue weighted by Crippen LogP contribution is 2.31. The summed E-state index contributed by atoms with van der Waals surface area (Å²) in [4.78, 5) is 20.2. The van der Waals surface area contributed by atoms with Crippen molar-refractivity contribution in [3.8, 4) is 11.4 Å². The second-order valence-electron chi connectivity index (χ2n) is 5.85. The summed E-state index contributed by atoms with van der Waals surface area (Å²) < 4.78 is 5.44. The molecule has 0 spiro atoms. The van der Waals surface area contributed by atoms with Crippen LogP contribution in [0.25, 0.3) is 11.4 Å². The Kier molecular flexibility index (Phi) is 4.52. The van der Waals surface area contributed by atoms with Crippen LogP contribution in [0.3, 0.4) is 0 Å². The first-order chi connectivity index (χ1) is 11.1. The van der Waals surface area contributed by atoms with Crippen molar-refractivity contribution in [2.75, 3.05) is 20.6 Å². The molecule has 0 aliphatic carbocycles. The Morgan fingerprint density at radius 2 is 2.04 bits per heavy atom. The largest absolute Gasteiger partial charge is 0.337 e. The molecule has 1 unspecified atom stereocenters. The van der Waals surface area contributed by atoms with Crippen LogP contribution in [0.4, 0.5) is 4.79 Å². The second-order valence-corrected chi connectivity index (χ2v) is 6.28. The van der Waals surface area contributed by atoms with Gasteiger partial charge in [-0.3, -0.25) is 0 Å². The summed E-state index contributed by atoms with van der Waals surface area (Å²) in [5.74, 6) is 1.00. The number of hydrogen-bond acceptors (Lipinski definition) is 4. The van der Waals surface area contributed by atoms with E-state index in [-0.39, 0.29) is 12.1 Å². The zero-order valence-electron chi connectivity index (χ0n) is 13.2. The number of likely N-dealkylation sites (tertiary alicyclic amines) is 1. The minimum absolute atomic E-state index is 0.0269. The Labute approximate surface area is 140 Å². The van der Waals surface area contributed by atoms with Gasteiger partial charge in [0.05, 0.1) is 0 Å². The molecule has 122 valence electrons. The van der Waals surface area contributed by atoms with E-state index >= 15 is 0 Å². The fourth-order valence-electron chi connectivity index (χ4n) is 2.76. The summed E-state index contributed by atoms with van der Waals surface area (Å²) in [5, 5.41) is 4.71. The molecule has 0 bridgehead atoms. The number of carbonyl (C=O) groups is 1. The quantitative estimate of drug-likeness (QED) is 0.841. The molecule has 1 aromatic carbocycles. The van der Waals surface area contributed by atoms with E-state index in [0.717, 1.165) is 24.8 Å². The third kappa shape index (κ3) is 3.32. The average Bonchev–Trinajstić information content (AvgIpc) is 3.04. The summed E-state index contributed by atoms with van der Waals surface area (Å²) in [6.07, 6.45) is 2.87. The molecular formula is C16H19ClN4O2. The van der Waals surface area contributed by atoms with Gasteiger partial charge in [0.25, 0.3) is 0 Å². The molecule has 0 radical (unpaired) electrons. The molecular weight excluding hydrogens is 316 g/mol. The molecule has 1 aromatic heterocycles. The molecule has 0 saturated carbocycles. The van der Waals surface area contributed by atoms with Crippen LogP contribution in [0.2, 0.25) is 5.02 Å². The first-order valence-electron chi connectivity index (χ1n) is 7.63. The molecule has 0 N–H and O–H groups in total. The SMILES string of the molecule is CN(C)C(=O)N1CCCCC1c1nc(-c2ccc(Cl)cc2)no1. The molecule has 1 atom stereocenters. The number of benzene rings is 1. The lowest BCUT2D eigenvalue weighted by Gasteiger charge is -2.35. The highest BCUT2D eigenvalue weighted by molar-refractivity contribution is 6.30. The summed E-state index contributed by atoms with van der Waals surface area (Å²) in [7, 11) is 3.50. The Morgan fingerprint density at radius 1 is 1.30 bits per heavy atom. The normalized spacial score (nSPS) is 18.0. The van der Waals surface area contributed by atoms with E-state index in [9.17, 15) is 4.79 Å². The van der Waals surface area contributed by atoms with E-state index in [2.05, 4.69) is 10.1 Å². The van der Waals surface area contributed by atoms with Crippen molar-refractivity contribution in [1.29, 1.82) is 0 Å². The Balaban J connectivity index is 1.85. The molecule has 3 rings (SSSR count). The fourth-order valence-corrected chi connectivity index (χ4v) is 2.89. The van der Waals surface area contributed by atoms with Crippen molar-refractivity contribution in [2.45, 2.75) is 25.3 Å². The van der Waals surface area contributed by atoms with Crippen LogP contribution in [-0.2, 0) is 0 Å². The van der Waals surface area contributed by atoms with Gasteiger partial charge in [-0.05, 0) is 43.5 Å². The lowest BCUT2D eigenvalue weighted by atomic mass is 10.0. The van der Waals surface area contributed by atoms with Crippen LogP contribution >= 0.6 is 11.6 Å². The third-order valence-corrected chi connectivity index (χ3v) is 4.21. The van der Waals surface area contributed by atoms with Crippen molar-refractivity contribution in [2.24, 2.45) is 0 Å². The van der Waals surface area contributed by atoms with E-state index < -0.39 is 0 Å². The standard InChI is InChI=1S/C16H19ClN4O2/c1-20(2)16(22)21-10-4-3-5-13(21)15-18-14(19-23-15)11-6-8-12(17)9-7-11/h6-9,13H,3-5,10H2,1-2H3. The molecule has 1 aliphatic rings. The molecule has 1 aliphatic heterocycles. The zero-order valence-corrected chi connectivity index (χ0v) is 14.0.